The van der Waals surface area contributed by atoms with Gasteiger partial charge in [0.2, 0.25) is 0 Å². The van der Waals surface area contributed by atoms with Crippen molar-refractivity contribution >= 4 is 146 Å². The van der Waals surface area contributed by atoms with E-state index >= 15 is 0 Å². The number of aromatic amines is 6. The molecule has 0 aliphatic carbocycles. The lowest BCUT2D eigenvalue weighted by atomic mass is 9.78. The van der Waals surface area contributed by atoms with E-state index in [2.05, 4.69) is 158 Å². The SMILES string of the molecule is CC(C)(c1ccccc1)c1ccc(OCC(=O)NCCc2nc3ccccc3[nH]2)cc1.O=C(COc1ccc([N+](=O)[O-])cc1)NCCc1nc2ccccc2[nH]1.O=C(COc1cccc(Cl)c1)NCCc1nc2ccccc2[nH]1.O=C(COc1ccccc1)NCCc1nc2ccccc2[nH]1.O=C(COc1ccccc1Br)NCCc1nc2ccccc2[nH]1.O=C(COc1ccccc1Cl)NCCc1nc2ccccc2[nH]1.[HH].[HH].[HH].[HH].[HH].[HH].[HH].[HH].[HH].[HH].[HH].[HH]. The predicted octanol–water partition coefficient (Wildman–Crippen LogP) is 21.1. The van der Waals surface area contributed by atoms with Crippen molar-refractivity contribution in [2.24, 2.45) is 0 Å². The maximum Gasteiger partial charge on any atom is 0.269 e. The summed E-state index contributed by atoms with van der Waals surface area (Å²) < 4.78 is 33.4. The summed E-state index contributed by atoms with van der Waals surface area (Å²) in [4.78, 5) is 127. The molecule has 19 rings (SSSR count). The number of carbonyl (C=O) groups excluding carboxylic acids is 6. The van der Waals surface area contributed by atoms with Crippen molar-refractivity contribution < 1.29 is 79.2 Å². The third-order valence-electron chi connectivity index (χ3n) is 22.3. The molecule has 776 valence electrons. The minimum absolute atomic E-state index is 0. The maximum atomic E-state index is 12.1. The van der Waals surface area contributed by atoms with Gasteiger partial charge in [0.1, 0.15) is 69.4 Å². The normalized spacial score (nSPS) is 10.8. The molecule has 6 heterocycles. The van der Waals surface area contributed by atoms with E-state index in [0.717, 1.165) is 106 Å². The van der Waals surface area contributed by atoms with Crippen LogP contribution in [0.15, 0.2) is 332 Å². The largest absolute Gasteiger partial charge is 0.484 e. The smallest absolute Gasteiger partial charge is 0.269 e. The van der Waals surface area contributed by atoms with Crippen LogP contribution in [0, 0.1) is 10.1 Å². The number of nitro benzene ring substituents is 1. The topological polar surface area (TPSA) is 445 Å². The number of amides is 6. The molecule has 19 aromatic rings. The maximum absolute atomic E-state index is 12.1. The van der Waals surface area contributed by atoms with Gasteiger partial charge < -0.3 is 90.2 Å². The van der Waals surface area contributed by atoms with Crippen molar-refractivity contribution in [3.8, 4) is 34.5 Å². The van der Waals surface area contributed by atoms with Crippen LogP contribution < -0.4 is 60.3 Å². The number of nitrogens with one attached hydrogen (secondary N) is 12. The molecular weight excluding hydrogens is 1970 g/mol. The van der Waals surface area contributed by atoms with Crippen LogP contribution >= 0.6 is 39.1 Å². The van der Waals surface area contributed by atoms with Crippen molar-refractivity contribution in [3.63, 3.8) is 0 Å². The fraction of sp³-hybridized carbons (Fsp3) is 0.189. The number of halogens is 3. The highest BCUT2D eigenvalue weighted by atomic mass is 79.9. The number of rotatable bonds is 39. The van der Waals surface area contributed by atoms with Gasteiger partial charge in [-0.25, -0.2) is 29.9 Å². The highest BCUT2D eigenvalue weighted by Crippen LogP contribution is 2.33. The average Bonchev–Trinajstić information content (AvgIpc) is 1.78. The average molecular weight is 2110 g/mol. The quantitative estimate of drug-likeness (QED) is 0.0126. The van der Waals surface area contributed by atoms with Crippen LogP contribution in [0.5, 0.6) is 34.5 Å². The van der Waals surface area contributed by atoms with Crippen molar-refractivity contribution in [2.75, 3.05) is 78.9 Å². The first-order valence-electron chi connectivity index (χ1n) is 47.3. The van der Waals surface area contributed by atoms with Crippen LogP contribution in [0.2, 0.25) is 10.0 Å². The van der Waals surface area contributed by atoms with E-state index in [1.54, 1.807) is 42.5 Å². The van der Waals surface area contributed by atoms with E-state index in [1.165, 1.54) is 35.4 Å². The summed E-state index contributed by atoms with van der Waals surface area (Å²) in [7, 11) is 0. The summed E-state index contributed by atoms with van der Waals surface area (Å²) in [6, 6.07) is 102. The Morgan fingerprint density at radius 3 is 0.884 bits per heavy atom. The summed E-state index contributed by atoms with van der Waals surface area (Å²) in [5.41, 5.74) is 13.9. The molecule has 0 spiro atoms. The second-order valence-corrected chi connectivity index (χ2v) is 35.1. The predicted molar refractivity (Wildman–Crippen MR) is 597 cm³/mol. The number of nitro groups is 1. The Bertz CT molecular complexity index is 7240. The van der Waals surface area contributed by atoms with Crippen LogP contribution in [0.4, 0.5) is 5.69 Å². The number of aromatic nitrogens is 12. The molecule has 147 heavy (non-hydrogen) atoms. The van der Waals surface area contributed by atoms with Gasteiger partial charge in [0, 0.05) is 117 Å². The summed E-state index contributed by atoms with van der Waals surface area (Å²) >= 11 is 15.2. The lowest BCUT2D eigenvalue weighted by Gasteiger charge is -2.26. The highest BCUT2D eigenvalue weighted by Gasteiger charge is 2.24. The minimum atomic E-state index is -0.492. The Kier molecular flexibility index (Phi) is 39.4. The van der Waals surface area contributed by atoms with Gasteiger partial charge in [0.25, 0.3) is 41.1 Å². The Morgan fingerprint density at radius 2 is 0.565 bits per heavy atom. The summed E-state index contributed by atoms with van der Waals surface area (Å²) in [6.45, 7) is 7.10. The molecule has 0 aliphatic rings. The van der Waals surface area contributed by atoms with E-state index in [-0.39, 0.29) is 103 Å². The van der Waals surface area contributed by atoms with Crippen LogP contribution in [0.25, 0.3) is 66.2 Å². The molecule has 6 amide bonds. The molecule has 0 unspecified atom stereocenters. The van der Waals surface area contributed by atoms with E-state index in [0.29, 0.717) is 122 Å². The second-order valence-electron chi connectivity index (χ2n) is 33.4. The zero-order valence-electron chi connectivity index (χ0n) is 80.4. The number of imidazole rings is 6. The van der Waals surface area contributed by atoms with Crippen molar-refractivity contribution in [3.05, 3.63) is 398 Å². The number of hydrogen-bond acceptors (Lipinski definition) is 20. The number of benzene rings is 13. The first-order valence-corrected chi connectivity index (χ1v) is 48.8. The van der Waals surface area contributed by atoms with Gasteiger partial charge in [0.05, 0.1) is 80.6 Å². The Balaban J connectivity index is 0.000000637. The molecular formula is C111H132BrCl2N19O14. The lowest BCUT2D eigenvalue weighted by molar-refractivity contribution is -0.384. The molecule has 0 aliphatic heterocycles. The number of non-ortho nitro benzene ring substituents is 1. The molecule has 13 aromatic carbocycles. The van der Waals surface area contributed by atoms with Gasteiger partial charge in [0.15, 0.2) is 39.6 Å². The molecule has 33 nitrogen and oxygen atoms in total. The lowest BCUT2D eigenvalue weighted by Crippen LogP contribution is -2.30. The summed E-state index contributed by atoms with van der Waals surface area (Å²) in [5, 5.41) is 28.5. The summed E-state index contributed by atoms with van der Waals surface area (Å²) in [6.07, 6.45) is 3.80. The zero-order valence-corrected chi connectivity index (χ0v) is 83.5. The van der Waals surface area contributed by atoms with E-state index in [9.17, 15) is 38.9 Å². The van der Waals surface area contributed by atoms with E-state index in [4.69, 9.17) is 51.6 Å². The van der Waals surface area contributed by atoms with Crippen LogP contribution in [-0.2, 0) is 72.7 Å². The third-order valence-corrected chi connectivity index (χ3v) is 23.5. The number of carbonyl (C=O) groups is 6. The summed E-state index contributed by atoms with van der Waals surface area (Å²) in [5.74, 6) is 7.50. The first kappa shape index (κ1) is 106. The van der Waals surface area contributed by atoms with Gasteiger partial charge in [-0.3, -0.25) is 38.9 Å². The number of para-hydroxylation sites is 15. The first-order chi connectivity index (χ1) is 71.6. The second kappa shape index (κ2) is 54.8. The highest BCUT2D eigenvalue weighted by molar-refractivity contribution is 9.10. The number of nitrogens with zero attached hydrogens (tertiary/aromatic N) is 7. The van der Waals surface area contributed by atoms with Gasteiger partial charge in [-0.15, -0.1) is 0 Å². The molecule has 0 fully saturated rings. The number of fused-ring (bicyclic) bond motifs is 6. The van der Waals surface area contributed by atoms with Crippen LogP contribution in [0.1, 0.15) is 77.0 Å². The van der Waals surface area contributed by atoms with E-state index < -0.39 is 4.92 Å². The van der Waals surface area contributed by atoms with Gasteiger partial charge in [-0.1, -0.05) is 201 Å². The Hall–Kier alpha value is -17.2. The minimum Gasteiger partial charge on any atom is -0.484 e. The molecule has 0 saturated carbocycles. The number of hydrogen-bond donors (Lipinski definition) is 12. The Morgan fingerprint density at radius 1 is 0.306 bits per heavy atom. The Labute approximate surface area is 882 Å². The monoisotopic (exact) mass is 2100 g/mol. The molecule has 6 aromatic heterocycles. The van der Waals surface area contributed by atoms with Gasteiger partial charge >= 0.3 is 0 Å². The molecule has 0 saturated heterocycles. The molecule has 0 atom stereocenters. The fourth-order valence-corrected chi connectivity index (χ4v) is 15.5. The molecule has 0 bridgehead atoms. The number of H-pyrrole nitrogens is 6. The molecule has 12 N–H and O–H groups in total. The number of ether oxygens (including phenoxy) is 6. The molecule has 0 radical (unpaired) electrons. The molecule has 36 heteroatoms. The van der Waals surface area contributed by atoms with E-state index in [1.807, 2.05) is 224 Å². The standard InChI is InChI=1S/C26H27N3O2.C17H16BrN3O2.2C17H16ClN3O2.C17H16N4O4.C17H17N3O2.12H2/c1-26(2,19-8-4-3-5-9-19)20-12-14-21(15-13-20)31-18-25(30)27-17-16-24-28-22-10-6-7-11-23(22)29-24;2*18-12-5-1-4-8-15(12)23-11-17(22)19-10-9-16-20-13-6-2-3-7-14(13)21-16;18-12-4-3-5-13(10-12)23-11-17(22)19-9-8-16-20-14-6-1-2-7-15(14)21-16;22-17(11-25-13-7-5-12(6-8-13)21(23)24)18-10-9-16-19-14-3-1-2-4-15(14)20-16;21-17(12-22-13-6-2-1-3-7-13)18-11-10-16-19-14-8-4-5-9-15(14)20-16;;;;;;;;;;;;/h3-15H,16-18H2,1-2H3,(H,27,30)(H,28,29);2*1-8H,9-11H2,(H,19,22)(H,20,21);1-7,10H,8-9,11H2,(H,19,22)(H,20,21);1-8H,9-11H2,(H,18,22)(H,19,20);1-9H,10-12H2,(H,18,21)(H,19,20);12*1H. The fourth-order valence-electron chi connectivity index (χ4n) is 14.7. The van der Waals surface area contributed by atoms with Gasteiger partial charge in [-0.2, -0.15) is 0 Å². The van der Waals surface area contributed by atoms with Crippen LogP contribution in [-0.4, -0.2) is 179 Å². The van der Waals surface area contributed by atoms with Gasteiger partial charge in [-0.05, 0) is 179 Å². The third kappa shape index (κ3) is 34.0. The van der Waals surface area contributed by atoms with Crippen molar-refractivity contribution in [2.45, 2.75) is 57.8 Å². The van der Waals surface area contributed by atoms with Crippen molar-refractivity contribution in [1.29, 1.82) is 0 Å². The van der Waals surface area contributed by atoms with Crippen molar-refractivity contribution in [1.82, 2.24) is 91.7 Å². The van der Waals surface area contributed by atoms with Crippen LogP contribution in [0.3, 0.4) is 0 Å². The zero-order chi connectivity index (χ0) is 103.